The minimum absolute atomic E-state index is 0.904. The molecule has 2 aromatic heterocycles. The van der Waals surface area contributed by atoms with Gasteiger partial charge in [-0.3, -0.25) is 0 Å². The minimum atomic E-state index is 0.904. The van der Waals surface area contributed by atoms with Crippen molar-refractivity contribution in [2.24, 2.45) is 0 Å². The average molecular weight is 796 g/mol. The lowest BCUT2D eigenvalue weighted by atomic mass is 9.95. The minimum Gasteiger partial charge on any atom is -0.456 e. The molecule has 0 N–H and O–H groups in total. The number of furan rings is 1. The van der Waals surface area contributed by atoms with Crippen LogP contribution >= 0.6 is 11.3 Å². The molecule has 2 nitrogen and oxygen atoms in total. The van der Waals surface area contributed by atoms with Gasteiger partial charge in [-0.2, -0.15) is 0 Å². The maximum absolute atomic E-state index is 6.25. The van der Waals surface area contributed by atoms with Crippen molar-refractivity contribution in [3.63, 3.8) is 0 Å². The largest absolute Gasteiger partial charge is 0.456 e. The number of benzene rings is 10. The van der Waals surface area contributed by atoms with E-state index in [1.165, 1.54) is 69.9 Å². The Labute approximate surface area is 357 Å². The number of hydrogen-bond acceptors (Lipinski definition) is 3. The summed E-state index contributed by atoms with van der Waals surface area (Å²) in [6.07, 6.45) is 0. The quantitative estimate of drug-likeness (QED) is 0.160. The van der Waals surface area contributed by atoms with Crippen LogP contribution in [0.1, 0.15) is 0 Å². The first-order chi connectivity index (χ1) is 30.2. The lowest BCUT2D eigenvalue weighted by molar-refractivity contribution is 0.669. The van der Waals surface area contributed by atoms with E-state index in [4.69, 9.17) is 4.42 Å². The molecule has 0 aliphatic rings. The van der Waals surface area contributed by atoms with Crippen molar-refractivity contribution in [3.8, 4) is 44.5 Å². The SMILES string of the molecule is c1cc(-c2ccc(N(c3ccc(-c4cccc5oc6ccccc6c45)cc3)c3ccc4c(c3)sc3ccccc34)cc2)cc(-c2cccc(-c3ccc4ccccc4c3)c2)c1. The zero-order valence-electron chi connectivity index (χ0n) is 33.1. The fraction of sp³-hybridized carbons (Fsp3) is 0. The molecule has 0 radical (unpaired) electrons. The summed E-state index contributed by atoms with van der Waals surface area (Å²) in [5.41, 5.74) is 14.6. The van der Waals surface area contributed by atoms with Crippen molar-refractivity contribution in [2.75, 3.05) is 4.90 Å². The summed E-state index contributed by atoms with van der Waals surface area (Å²) in [4.78, 5) is 2.37. The number of thiophene rings is 1. The van der Waals surface area contributed by atoms with Gasteiger partial charge in [-0.15, -0.1) is 11.3 Å². The summed E-state index contributed by atoms with van der Waals surface area (Å²) in [6.45, 7) is 0. The summed E-state index contributed by atoms with van der Waals surface area (Å²) in [6, 6.07) is 81.3. The molecule has 0 saturated carbocycles. The summed E-state index contributed by atoms with van der Waals surface area (Å²) >= 11 is 1.85. The van der Waals surface area contributed by atoms with Gasteiger partial charge in [-0.25, -0.2) is 0 Å². The van der Waals surface area contributed by atoms with Crippen LogP contribution in [0.15, 0.2) is 229 Å². The average Bonchev–Trinajstić information content (AvgIpc) is 3.90. The lowest BCUT2D eigenvalue weighted by Crippen LogP contribution is -2.09. The number of para-hydroxylation sites is 1. The van der Waals surface area contributed by atoms with Gasteiger partial charge in [0.05, 0.1) is 0 Å². The number of anilines is 3. The van der Waals surface area contributed by atoms with Crippen LogP contribution in [0.4, 0.5) is 17.1 Å². The van der Waals surface area contributed by atoms with Crippen molar-refractivity contribution in [1.29, 1.82) is 0 Å². The van der Waals surface area contributed by atoms with Crippen LogP contribution < -0.4 is 4.90 Å². The van der Waals surface area contributed by atoms with Crippen LogP contribution in [-0.2, 0) is 0 Å². The monoisotopic (exact) mass is 795 g/mol. The molecule has 0 saturated heterocycles. The summed E-state index contributed by atoms with van der Waals surface area (Å²) in [7, 11) is 0. The van der Waals surface area contributed by atoms with Crippen LogP contribution in [0, 0.1) is 0 Å². The Kier molecular flexibility index (Phi) is 8.39. The fourth-order valence-corrected chi connectivity index (χ4v) is 10.2. The first kappa shape index (κ1) is 35.2. The predicted octanol–water partition coefficient (Wildman–Crippen LogP) is 17.2. The maximum atomic E-state index is 6.25. The highest BCUT2D eigenvalue weighted by atomic mass is 32.1. The maximum Gasteiger partial charge on any atom is 0.136 e. The third-order valence-electron chi connectivity index (χ3n) is 12.1. The molecular weight excluding hydrogens is 759 g/mol. The number of hydrogen-bond donors (Lipinski definition) is 0. The molecule has 2 heterocycles. The zero-order chi connectivity index (χ0) is 40.3. The van der Waals surface area contributed by atoms with Gasteiger partial charge in [-0.1, -0.05) is 152 Å². The molecule has 3 heteroatoms. The van der Waals surface area contributed by atoms with Gasteiger partial charge in [0.15, 0.2) is 0 Å². The first-order valence-corrected chi connectivity index (χ1v) is 21.5. The van der Waals surface area contributed by atoms with Crippen LogP contribution in [0.5, 0.6) is 0 Å². The van der Waals surface area contributed by atoms with E-state index < -0.39 is 0 Å². The molecule has 286 valence electrons. The second-order valence-corrected chi connectivity index (χ2v) is 16.8. The molecule has 12 aromatic rings. The number of nitrogens with zero attached hydrogens (tertiary/aromatic N) is 1. The van der Waals surface area contributed by atoms with E-state index in [0.29, 0.717) is 0 Å². The van der Waals surface area contributed by atoms with Crippen LogP contribution in [0.3, 0.4) is 0 Å². The van der Waals surface area contributed by atoms with Gasteiger partial charge in [0, 0.05) is 48.0 Å². The van der Waals surface area contributed by atoms with Crippen LogP contribution in [0.25, 0.3) is 97.4 Å². The van der Waals surface area contributed by atoms with Crippen LogP contribution in [0.2, 0.25) is 0 Å². The molecule has 0 fully saturated rings. The normalized spacial score (nSPS) is 11.6. The van der Waals surface area contributed by atoms with E-state index in [-0.39, 0.29) is 0 Å². The second-order valence-electron chi connectivity index (χ2n) is 15.7. The third kappa shape index (κ3) is 6.26. The predicted molar refractivity (Wildman–Crippen MR) is 261 cm³/mol. The third-order valence-corrected chi connectivity index (χ3v) is 13.2. The van der Waals surface area contributed by atoms with Gasteiger partial charge in [0.1, 0.15) is 11.2 Å². The summed E-state index contributed by atoms with van der Waals surface area (Å²) < 4.78 is 8.82. The van der Waals surface area contributed by atoms with Crippen molar-refractivity contribution in [2.45, 2.75) is 0 Å². The Balaban J connectivity index is 0.908. The van der Waals surface area contributed by atoms with Crippen molar-refractivity contribution < 1.29 is 4.42 Å². The van der Waals surface area contributed by atoms with Gasteiger partial charge in [-0.05, 0) is 128 Å². The van der Waals surface area contributed by atoms with Gasteiger partial charge in [0.25, 0.3) is 0 Å². The molecule has 0 spiro atoms. The number of fused-ring (bicyclic) bond motifs is 7. The lowest BCUT2D eigenvalue weighted by Gasteiger charge is -2.26. The van der Waals surface area contributed by atoms with Crippen LogP contribution in [-0.4, -0.2) is 0 Å². The topological polar surface area (TPSA) is 16.4 Å². The molecular formula is C58H37NOS. The summed E-state index contributed by atoms with van der Waals surface area (Å²) in [5.74, 6) is 0. The molecule has 10 aromatic carbocycles. The highest BCUT2D eigenvalue weighted by Crippen LogP contribution is 2.43. The van der Waals surface area contributed by atoms with E-state index >= 15 is 0 Å². The smallest absolute Gasteiger partial charge is 0.136 e. The second kappa shape index (κ2) is 14.5. The number of rotatable bonds is 7. The van der Waals surface area contributed by atoms with Gasteiger partial charge < -0.3 is 9.32 Å². The zero-order valence-corrected chi connectivity index (χ0v) is 33.9. The molecule has 12 rings (SSSR count). The highest BCUT2D eigenvalue weighted by Gasteiger charge is 2.17. The molecule has 0 atom stereocenters. The summed E-state index contributed by atoms with van der Waals surface area (Å²) in [5, 5.41) is 7.39. The van der Waals surface area contributed by atoms with Gasteiger partial charge >= 0.3 is 0 Å². The molecule has 0 amide bonds. The molecule has 0 bridgehead atoms. The highest BCUT2D eigenvalue weighted by molar-refractivity contribution is 7.25. The first-order valence-electron chi connectivity index (χ1n) is 20.7. The van der Waals surface area contributed by atoms with E-state index in [2.05, 4.69) is 217 Å². The van der Waals surface area contributed by atoms with E-state index in [1.54, 1.807) is 0 Å². The van der Waals surface area contributed by atoms with E-state index in [1.807, 2.05) is 23.5 Å². The van der Waals surface area contributed by atoms with Crippen molar-refractivity contribution >= 4 is 81.3 Å². The molecule has 0 aliphatic carbocycles. The Bertz CT molecular complexity index is 3590. The van der Waals surface area contributed by atoms with Crippen molar-refractivity contribution in [1.82, 2.24) is 0 Å². The Morgan fingerprint density at radius 3 is 1.61 bits per heavy atom. The molecule has 61 heavy (non-hydrogen) atoms. The Hall–Kier alpha value is -7.72. The van der Waals surface area contributed by atoms with E-state index in [9.17, 15) is 0 Å². The van der Waals surface area contributed by atoms with E-state index in [0.717, 1.165) is 44.6 Å². The Morgan fingerprint density at radius 2 is 0.852 bits per heavy atom. The van der Waals surface area contributed by atoms with Crippen molar-refractivity contribution in [3.05, 3.63) is 224 Å². The molecule has 0 unspecified atom stereocenters. The molecule has 0 aliphatic heterocycles. The Morgan fingerprint density at radius 1 is 0.311 bits per heavy atom. The van der Waals surface area contributed by atoms with Gasteiger partial charge in [0.2, 0.25) is 0 Å². The fourth-order valence-electron chi connectivity index (χ4n) is 9.03. The standard InChI is InChI=1S/C58H37NOS/c1-2-11-41-35-46(23-22-38(41)10-1)45-15-8-14-44(36-45)43-13-7-12-42(34-43)39-24-28-47(29-25-39)59(49-32-33-52-51-16-4-6-21-56(51)61-57(52)37-49)48-30-26-40(27-31-48)50-18-9-20-55-58(50)53-17-3-5-19-54(53)60-55/h1-37H.